The molecule has 0 saturated heterocycles. The summed E-state index contributed by atoms with van der Waals surface area (Å²) >= 11 is 1.82. The van der Waals surface area contributed by atoms with Crippen molar-refractivity contribution in [3.63, 3.8) is 0 Å². The van der Waals surface area contributed by atoms with Crippen LogP contribution in [0.1, 0.15) is 45.2 Å². The normalized spacial score (nSPS) is 13.9. The predicted octanol–water partition coefficient (Wildman–Crippen LogP) is 3.27. The van der Waals surface area contributed by atoms with Gasteiger partial charge in [0.05, 0.1) is 16.8 Å². The van der Waals surface area contributed by atoms with E-state index < -0.39 is 0 Å². The van der Waals surface area contributed by atoms with Gasteiger partial charge in [-0.05, 0) is 51.0 Å². The van der Waals surface area contributed by atoms with Gasteiger partial charge in [0.15, 0.2) is 0 Å². The number of hydrogen-bond donors (Lipinski definition) is 1. The van der Waals surface area contributed by atoms with Crippen LogP contribution in [0.2, 0.25) is 0 Å². The minimum Gasteiger partial charge on any atom is -0.299 e. The summed E-state index contributed by atoms with van der Waals surface area (Å²) in [6.07, 6.45) is 3.86. The van der Waals surface area contributed by atoms with Crippen molar-refractivity contribution in [3.05, 3.63) is 11.8 Å². The van der Waals surface area contributed by atoms with Crippen LogP contribution in [0.3, 0.4) is 0 Å². The van der Waals surface area contributed by atoms with Crippen molar-refractivity contribution in [2.45, 2.75) is 57.0 Å². The van der Waals surface area contributed by atoms with E-state index in [2.05, 4.69) is 36.4 Å². The third-order valence-electron chi connectivity index (χ3n) is 3.49. The second-order valence-corrected chi connectivity index (χ2v) is 6.29. The molecule has 0 fully saturated rings. The lowest BCUT2D eigenvalue weighted by atomic mass is 9.92. The lowest BCUT2D eigenvalue weighted by Gasteiger charge is -2.26. The number of nitriles is 1. The summed E-state index contributed by atoms with van der Waals surface area (Å²) in [7, 11) is 1.98. The van der Waals surface area contributed by atoms with Crippen molar-refractivity contribution < 1.29 is 0 Å². The summed E-state index contributed by atoms with van der Waals surface area (Å²) in [5.74, 6) is 1.02. The Balaban J connectivity index is 2.41. The van der Waals surface area contributed by atoms with Gasteiger partial charge in [0.2, 0.25) is 0 Å². The second kappa shape index (κ2) is 8.33. The Hall–Kier alpha value is -0.990. The Kier molecular flexibility index (Phi) is 7.11. The monoisotopic (exact) mass is 294 g/mol. The standard InChI is InChI=1S/C15H26N4S/c1-5-9-17-15(6-2,12-16)8-7-10-20-14-11-13(3)18-19(14)4/h11,17H,5-10H2,1-4H3. The molecule has 0 spiro atoms. The molecule has 0 aliphatic carbocycles. The molecule has 1 N–H and O–H groups in total. The van der Waals surface area contributed by atoms with Gasteiger partial charge < -0.3 is 0 Å². The molecule has 1 rings (SSSR count). The highest BCUT2D eigenvalue weighted by atomic mass is 32.2. The summed E-state index contributed by atoms with van der Waals surface area (Å²) in [4.78, 5) is 0. The van der Waals surface area contributed by atoms with Crippen molar-refractivity contribution in [2.24, 2.45) is 7.05 Å². The molecule has 20 heavy (non-hydrogen) atoms. The highest BCUT2D eigenvalue weighted by molar-refractivity contribution is 7.99. The maximum Gasteiger partial charge on any atom is 0.106 e. The molecule has 1 aromatic heterocycles. The van der Waals surface area contributed by atoms with Gasteiger partial charge >= 0.3 is 0 Å². The van der Waals surface area contributed by atoms with Gasteiger partial charge in [-0.25, -0.2) is 0 Å². The Labute approximate surface area is 126 Å². The summed E-state index contributed by atoms with van der Waals surface area (Å²) < 4.78 is 1.92. The number of aryl methyl sites for hydroxylation is 2. The van der Waals surface area contributed by atoms with E-state index in [1.54, 1.807) is 0 Å². The van der Waals surface area contributed by atoms with Gasteiger partial charge in [-0.2, -0.15) is 10.4 Å². The van der Waals surface area contributed by atoms with Crippen LogP contribution < -0.4 is 5.32 Å². The molecular weight excluding hydrogens is 268 g/mol. The molecule has 0 radical (unpaired) electrons. The van der Waals surface area contributed by atoms with Crippen molar-refractivity contribution >= 4 is 11.8 Å². The van der Waals surface area contributed by atoms with Crippen molar-refractivity contribution in [2.75, 3.05) is 12.3 Å². The lowest BCUT2D eigenvalue weighted by Crippen LogP contribution is -2.43. The van der Waals surface area contributed by atoms with Crippen LogP contribution in [-0.4, -0.2) is 27.6 Å². The van der Waals surface area contributed by atoms with Crippen LogP contribution in [0.4, 0.5) is 0 Å². The first-order chi connectivity index (χ1) is 9.56. The zero-order valence-electron chi connectivity index (χ0n) is 13.1. The SMILES string of the molecule is CCCNC(C#N)(CC)CCCSc1cc(C)nn1C. The molecule has 0 bridgehead atoms. The number of nitrogens with zero attached hydrogens (tertiary/aromatic N) is 3. The van der Waals surface area contributed by atoms with Crippen LogP contribution in [0.25, 0.3) is 0 Å². The average molecular weight is 294 g/mol. The number of thioether (sulfide) groups is 1. The first kappa shape index (κ1) is 17.1. The fourth-order valence-corrected chi connectivity index (χ4v) is 3.18. The lowest BCUT2D eigenvalue weighted by molar-refractivity contribution is 0.371. The molecule has 0 saturated carbocycles. The molecule has 1 heterocycles. The van der Waals surface area contributed by atoms with E-state index in [0.717, 1.165) is 43.7 Å². The smallest absolute Gasteiger partial charge is 0.106 e. The van der Waals surface area contributed by atoms with Crippen molar-refractivity contribution in [1.29, 1.82) is 5.26 Å². The maximum atomic E-state index is 9.43. The van der Waals surface area contributed by atoms with Gasteiger partial charge in [0.1, 0.15) is 5.54 Å². The molecule has 1 atom stereocenters. The Bertz CT molecular complexity index is 449. The second-order valence-electron chi connectivity index (χ2n) is 5.17. The molecule has 0 aliphatic rings. The Morgan fingerprint density at radius 1 is 1.50 bits per heavy atom. The van der Waals surface area contributed by atoms with E-state index in [-0.39, 0.29) is 5.54 Å². The van der Waals surface area contributed by atoms with E-state index in [4.69, 9.17) is 0 Å². The predicted molar refractivity (Wildman–Crippen MR) is 84.8 cm³/mol. The first-order valence-electron chi connectivity index (χ1n) is 7.36. The molecule has 0 aliphatic heterocycles. The summed E-state index contributed by atoms with van der Waals surface area (Å²) in [6.45, 7) is 7.14. The molecule has 0 aromatic carbocycles. The zero-order chi connectivity index (χ0) is 15.0. The van der Waals surface area contributed by atoms with E-state index in [0.29, 0.717) is 0 Å². The Morgan fingerprint density at radius 3 is 2.75 bits per heavy atom. The van der Waals surface area contributed by atoms with Crippen molar-refractivity contribution in [1.82, 2.24) is 15.1 Å². The van der Waals surface area contributed by atoms with E-state index in [1.807, 2.05) is 30.4 Å². The average Bonchev–Trinajstić information content (AvgIpc) is 2.77. The number of aromatic nitrogens is 2. The van der Waals surface area contributed by atoms with Crippen LogP contribution >= 0.6 is 11.8 Å². The fraction of sp³-hybridized carbons (Fsp3) is 0.733. The third kappa shape index (κ3) is 4.84. The minimum atomic E-state index is -0.348. The van der Waals surface area contributed by atoms with E-state index >= 15 is 0 Å². The highest BCUT2D eigenvalue weighted by Crippen LogP contribution is 2.23. The minimum absolute atomic E-state index is 0.348. The molecule has 5 heteroatoms. The summed E-state index contributed by atoms with van der Waals surface area (Å²) in [6, 6.07) is 4.58. The molecule has 1 unspecified atom stereocenters. The van der Waals surface area contributed by atoms with Crippen LogP contribution in [0.15, 0.2) is 11.1 Å². The highest BCUT2D eigenvalue weighted by Gasteiger charge is 2.26. The van der Waals surface area contributed by atoms with E-state index in [9.17, 15) is 5.26 Å². The Morgan fingerprint density at radius 2 is 2.25 bits per heavy atom. The molecule has 0 amide bonds. The largest absolute Gasteiger partial charge is 0.299 e. The van der Waals surface area contributed by atoms with Crippen LogP contribution in [-0.2, 0) is 7.05 Å². The first-order valence-corrected chi connectivity index (χ1v) is 8.35. The number of hydrogen-bond acceptors (Lipinski definition) is 4. The van der Waals surface area contributed by atoms with E-state index in [1.165, 1.54) is 5.03 Å². The summed E-state index contributed by atoms with van der Waals surface area (Å²) in [5.41, 5.74) is 0.707. The topological polar surface area (TPSA) is 53.6 Å². The number of rotatable bonds is 9. The summed E-state index contributed by atoms with van der Waals surface area (Å²) in [5, 5.41) is 18.4. The van der Waals surface area contributed by atoms with Crippen molar-refractivity contribution in [3.8, 4) is 6.07 Å². The zero-order valence-corrected chi connectivity index (χ0v) is 13.9. The maximum absolute atomic E-state index is 9.43. The van der Waals surface area contributed by atoms with Gasteiger partial charge in [0.25, 0.3) is 0 Å². The molecular formula is C15H26N4S. The number of nitrogens with one attached hydrogen (secondary N) is 1. The van der Waals surface area contributed by atoms with Crippen LogP contribution in [0.5, 0.6) is 0 Å². The quantitative estimate of drug-likeness (QED) is 0.561. The molecule has 112 valence electrons. The van der Waals surface area contributed by atoms with Gasteiger partial charge in [-0.15, -0.1) is 11.8 Å². The fourth-order valence-electron chi connectivity index (χ4n) is 2.20. The third-order valence-corrected chi connectivity index (χ3v) is 4.66. The van der Waals surface area contributed by atoms with Gasteiger partial charge in [-0.3, -0.25) is 10.00 Å². The van der Waals surface area contributed by atoms with Gasteiger partial charge in [0, 0.05) is 7.05 Å². The van der Waals surface area contributed by atoms with Gasteiger partial charge in [-0.1, -0.05) is 13.8 Å². The molecule has 4 nitrogen and oxygen atoms in total. The molecule has 1 aromatic rings. The van der Waals surface area contributed by atoms with Crippen LogP contribution in [0, 0.1) is 18.3 Å².